The minimum absolute atomic E-state index is 0.498. The predicted octanol–water partition coefficient (Wildman–Crippen LogP) is 2.07. The van der Waals surface area contributed by atoms with Gasteiger partial charge in [-0.2, -0.15) is 0 Å². The first kappa shape index (κ1) is 10.1. The van der Waals surface area contributed by atoms with Gasteiger partial charge in [0, 0.05) is 10.9 Å². The predicted molar refractivity (Wildman–Crippen MR) is 61.9 cm³/mol. The molecule has 1 aromatic rings. The number of nitrogens with one attached hydrogen (secondary N) is 2. The van der Waals surface area contributed by atoms with E-state index in [4.69, 9.17) is 0 Å². The van der Waals surface area contributed by atoms with Crippen molar-refractivity contribution in [1.29, 1.82) is 0 Å². The Morgan fingerprint density at radius 3 is 3.00 bits per heavy atom. The van der Waals surface area contributed by atoms with Crippen molar-refractivity contribution in [3.63, 3.8) is 0 Å². The monoisotopic (exact) mass is 210 g/mol. The van der Waals surface area contributed by atoms with Gasteiger partial charge >= 0.3 is 0 Å². The van der Waals surface area contributed by atoms with E-state index in [1.165, 1.54) is 29.8 Å². The summed E-state index contributed by atoms with van der Waals surface area (Å²) in [5.74, 6) is 0. The van der Waals surface area contributed by atoms with Gasteiger partial charge in [-0.3, -0.25) is 0 Å². The van der Waals surface area contributed by atoms with Crippen molar-refractivity contribution in [1.82, 2.24) is 10.6 Å². The SMILES string of the molecule is CNC(c1sccc1C)C1CCCN1. The van der Waals surface area contributed by atoms with Crippen LogP contribution in [-0.2, 0) is 0 Å². The molecule has 1 aliphatic rings. The fourth-order valence-electron chi connectivity index (χ4n) is 2.21. The van der Waals surface area contributed by atoms with Crippen LogP contribution in [0.15, 0.2) is 11.4 Å². The first-order valence-corrected chi connectivity index (χ1v) is 6.15. The molecule has 0 aromatic carbocycles. The largest absolute Gasteiger partial charge is 0.312 e. The maximum atomic E-state index is 3.57. The van der Waals surface area contributed by atoms with Crippen LogP contribution in [0.5, 0.6) is 0 Å². The molecule has 2 atom stereocenters. The molecule has 1 fully saturated rings. The van der Waals surface area contributed by atoms with E-state index in [-0.39, 0.29) is 0 Å². The van der Waals surface area contributed by atoms with Gasteiger partial charge in [0.05, 0.1) is 6.04 Å². The van der Waals surface area contributed by atoms with Crippen molar-refractivity contribution in [3.8, 4) is 0 Å². The Morgan fingerprint density at radius 1 is 1.64 bits per heavy atom. The summed E-state index contributed by atoms with van der Waals surface area (Å²) in [5, 5.41) is 9.19. The van der Waals surface area contributed by atoms with Gasteiger partial charge in [0.15, 0.2) is 0 Å². The Bertz CT molecular complexity index is 289. The number of likely N-dealkylation sites (N-methyl/N-ethyl adjacent to an activating group) is 1. The van der Waals surface area contributed by atoms with Crippen LogP contribution >= 0.6 is 11.3 Å². The third-order valence-electron chi connectivity index (χ3n) is 3.00. The highest BCUT2D eigenvalue weighted by atomic mass is 32.1. The second-order valence-electron chi connectivity index (χ2n) is 3.94. The molecule has 0 bridgehead atoms. The average molecular weight is 210 g/mol. The fourth-order valence-corrected chi connectivity index (χ4v) is 3.32. The average Bonchev–Trinajstić information content (AvgIpc) is 2.80. The zero-order valence-corrected chi connectivity index (χ0v) is 9.66. The van der Waals surface area contributed by atoms with Crippen molar-refractivity contribution in [3.05, 3.63) is 21.9 Å². The molecule has 2 heterocycles. The minimum atomic E-state index is 0.498. The second-order valence-corrected chi connectivity index (χ2v) is 4.88. The molecule has 1 saturated heterocycles. The van der Waals surface area contributed by atoms with Gasteiger partial charge < -0.3 is 10.6 Å². The Kier molecular flexibility index (Phi) is 3.21. The zero-order valence-electron chi connectivity index (χ0n) is 8.84. The normalized spacial score (nSPS) is 24.0. The fraction of sp³-hybridized carbons (Fsp3) is 0.636. The van der Waals surface area contributed by atoms with E-state index in [0.717, 1.165) is 0 Å². The van der Waals surface area contributed by atoms with Gasteiger partial charge in [-0.15, -0.1) is 11.3 Å². The first-order valence-electron chi connectivity index (χ1n) is 5.27. The molecule has 2 N–H and O–H groups in total. The van der Waals surface area contributed by atoms with E-state index in [0.29, 0.717) is 12.1 Å². The molecule has 14 heavy (non-hydrogen) atoms. The molecular weight excluding hydrogens is 192 g/mol. The van der Waals surface area contributed by atoms with Gasteiger partial charge in [-0.25, -0.2) is 0 Å². The van der Waals surface area contributed by atoms with Crippen molar-refractivity contribution >= 4 is 11.3 Å². The summed E-state index contributed by atoms with van der Waals surface area (Å²) >= 11 is 1.87. The highest BCUT2D eigenvalue weighted by Gasteiger charge is 2.26. The van der Waals surface area contributed by atoms with E-state index in [1.54, 1.807) is 0 Å². The van der Waals surface area contributed by atoms with E-state index in [2.05, 4.69) is 36.1 Å². The van der Waals surface area contributed by atoms with Crippen LogP contribution < -0.4 is 10.6 Å². The molecule has 78 valence electrons. The van der Waals surface area contributed by atoms with Crippen LogP contribution in [0.25, 0.3) is 0 Å². The number of rotatable bonds is 3. The maximum absolute atomic E-state index is 3.57. The maximum Gasteiger partial charge on any atom is 0.0570 e. The summed E-state index contributed by atoms with van der Waals surface area (Å²) in [6.07, 6.45) is 2.61. The van der Waals surface area contributed by atoms with Crippen LogP contribution in [0.1, 0.15) is 29.3 Å². The molecule has 3 heteroatoms. The van der Waals surface area contributed by atoms with Crippen LogP contribution in [0.4, 0.5) is 0 Å². The second kappa shape index (κ2) is 4.43. The van der Waals surface area contributed by atoms with Crippen LogP contribution in [0.2, 0.25) is 0 Å². The van der Waals surface area contributed by atoms with Gasteiger partial charge in [0.1, 0.15) is 0 Å². The summed E-state index contributed by atoms with van der Waals surface area (Å²) in [7, 11) is 2.06. The number of hydrogen-bond acceptors (Lipinski definition) is 3. The highest BCUT2D eigenvalue weighted by Crippen LogP contribution is 2.29. The number of aryl methyl sites for hydroxylation is 1. The summed E-state index contributed by atoms with van der Waals surface area (Å²) in [6.45, 7) is 3.37. The van der Waals surface area contributed by atoms with E-state index >= 15 is 0 Å². The van der Waals surface area contributed by atoms with Crippen molar-refractivity contribution in [2.24, 2.45) is 0 Å². The van der Waals surface area contributed by atoms with Crippen LogP contribution in [-0.4, -0.2) is 19.6 Å². The topological polar surface area (TPSA) is 24.1 Å². The Balaban J connectivity index is 2.16. The van der Waals surface area contributed by atoms with Gasteiger partial charge in [-0.1, -0.05) is 0 Å². The van der Waals surface area contributed by atoms with Crippen LogP contribution in [0, 0.1) is 6.92 Å². The molecule has 0 saturated carbocycles. The van der Waals surface area contributed by atoms with Crippen molar-refractivity contribution in [2.45, 2.75) is 31.8 Å². The highest BCUT2D eigenvalue weighted by molar-refractivity contribution is 7.10. The molecule has 0 spiro atoms. The summed E-state index contributed by atoms with van der Waals surface area (Å²) in [5.41, 5.74) is 1.42. The lowest BCUT2D eigenvalue weighted by molar-refractivity contribution is 0.445. The minimum Gasteiger partial charge on any atom is -0.312 e. The van der Waals surface area contributed by atoms with Crippen molar-refractivity contribution < 1.29 is 0 Å². The van der Waals surface area contributed by atoms with Gasteiger partial charge in [0.2, 0.25) is 0 Å². The molecule has 2 unspecified atom stereocenters. The Morgan fingerprint density at radius 2 is 2.50 bits per heavy atom. The zero-order chi connectivity index (χ0) is 9.97. The van der Waals surface area contributed by atoms with Gasteiger partial charge in [-0.05, 0) is 50.4 Å². The number of thiophene rings is 1. The number of hydrogen-bond donors (Lipinski definition) is 2. The lowest BCUT2D eigenvalue weighted by Crippen LogP contribution is -2.36. The molecule has 0 radical (unpaired) electrons. The molecule has 2 nitrogen and oxygen atoms in total. The third kappa shape index (κ3) is 1.85. The molecule has 0 amide bonds. The van der Waals surface area contributed by atoms with E-state index in [9.17, 15) is 0 Å². The third-order valence-corrected chi connectivity index (χ3v) is 4.10. The first-order chi connectivity index (χ1) is 6.83. The smallest absolute Gasteiger partial charge is 0.0570 e. The Labute approximate surface area is 89.7 Å². The summed E-state index contributed by atoms with van der Waals surface area (Å²) in [4.78, 5) is 1.49. The lowest BCUT2D eigenvalue weighted by Gasteiger charge is -2.23. The quantitative estimate of drug-likeness (QED) is 0.798. The molecule has 0 aliphatic carbocycles. The molecule has 2 rings (SSSR count). The lowest BCUT2D eigenvalue weighted by atomic mass is 10.0. The molecular formula is C11H18N2S. The van der Waals surface area contributed by atoms with E-state index < -0.39 is 0 Å². The Hall–Kier alpha value is -0.380. The van der Waals surface area contributed by atoms with Crippen molar-refractivity contribution in [2.75, 3.05) is 13.6 Å². The summed E-state index contributed by atoms with van der Waals surface area (Å²) in [6, 6.07) is 3.33. The van der Waals surface area contributed by atoms with Crippen LogP contribution in [0.3, 0.4) is 0 Å². The molecule has 1 aromatic heterocycles. The standard InChI is InChI=1S/C11H18N2S/c1-8-5-7-14-11(8)10(12-2)9-4-3-6-13-9/h5,7,9-10,12-13H,3-4,6H2,1-2H3. The summed E-state index contributed by atoms with van der Waals surface area (Å²) < 4.78 is 0. The molecule has 1 aliphatic heterocycles. The van der Waals surface area contributed by atoms with Gasteiger partial charge in [0.25, 0.3) is 0 Å². The van der Waals surface area contributed by atoms with E-state index in [1.807, 2.05) is 11.3 Å².